The Morgan fingerprint density at radius 2 is 1.89 bits per heavy atom. The van der Waals surface area contributed by atoms with E-state index in [2.05, 4.69) is 9.97 Å². The van der Waals surface area contributed by atoms with Gasteiger partial charge in [0, 0.05) is 29.3 Å². The van der Waals surface area contributed by atoms with Gasteiger partial charge in [-0.2, -0.15) is 8.78 Å². The molecule has 1 amide bonds. The highest BCUT2D eigenvalue weighted by Crippen LogP contribution is 2.48. The van der Waals surface area contributed by atoms with Crippen molar-refractivity contribution in [2.75, 3.05) is 6.54 Å². The van der Waals surface area contributed by atoms with E-state index in [0.717, 1.165) is 24.8 Å². The summed E-state index contributed by atoms with van der Waals surface area (Å²) in [5, 5.41) is 2.21. The molecule has 0 radical (unpaired) electrons. The van der Waals surface area contributed by atoms with E-state index in [1.54, 1.807) is 6.07 Å². The van der Waals surface area contributed by atoms with Crippen LogP contribution in [0.15, 0.2) is 30.6 Å². The lowest BCUT2D eigenvalue weighted by Crippen LogP contribution is -2.37. The number of hydrogen-bond donors (Lipinski definition) is 1. The molecule has 0 unspecified atom stereocenters. The molecule has 5 nitrogen and oxygen atoms in total. The van der Waals surface area contributed by atoms with Gasteiger partial charge in [0.25, 0.3) is 5.91 Å². The minimum atomic E-state index is -3.18. The highest BCUT2D eigenvalue weighted by Gasteiger charge is 2.41. The Balaban J connectivity index is 1.69. The van der Waals surface area contributed by atoms with Crippen LogP contribution in [-0.4, -0.2) is 34.6 Å². The highest BCUT2D eigenvalue weighted by atomic mass is 35.5. The molecule has 28 heavy (non-hydrogen) atoms. The number of nitrogens with one attached hydrogen (secondary N) is 1. The largest absolute Gasteiger partial charge is 0.344 e. The van der Waals surface area contributed by atoms with Gasteiger partial charge < -0.3 is 5.32 Å². The van der Waals surface area contributed by atoms with Gasteiger partial charge in [0.1, 0.15) is 11.6 Å². The Kier molecular flexibility index (Phi) is 5.98. The monoisotopic (exact) mass is 411 g/mol. The lowest BCUT2D eigenvalue weighted by atomic mass is 9.62. The van der Waals surface area contributed by atoms with Crippen LogP contribution in [0.5, 0.6) is 0 Å². The molecule has 1 aliphatic carbocycles. The summed E-state index contributed by atoms with van der Waals surface area (Å²) in [5.41, 5.74) is 0.683. The zero-order valence-corrected chi connectivity index (χ0v) is 15.5. The van der Waals surface area contributed by atoms with Crippen molar-refractivity contribution in [3.8, 4) is 0 Å². The summed E-state index contributed by atoms with van der Waals surface area (Å²) in [6.45, 7) is -0.555. The normalized spacial score (nSPS) is 15.2. The molecule has 148 valence electrons. The predicted octanol–water partition coefficient (Wildman–Crippen LogP) is 3.50. The summed E-state index contributed by atoms with van der Waals surface area (Å²) in [6.07, 6.45) is 2.64. The van der Waals surface area contributed by atoms with Gasteiger partial charge in [-0.05, 0) is 30.5 Å². The van der Waals surface area contributed by atoms with Crippen LogP contribution in [0.2, 0.25) is 5.02 Å². The number of carbonyl (C=O) groups is 2. The van der Waals surface area contributed by atoms with Crippen LogP contribution in [0.4, 0.5) is 13.2 Å². The van der Waals surface area contributed by atoms with Gasteiger partial charge in [0.05, 0.1) is 12.1 Å². The number of nitrogens with zero attached hydrogens (tertiary/aromatic N) is 2. The molecule has 1 aromatic carbocycles. The standard InChI is InChI=1S/C19H17ClF3N3O2/c20-14-6-12(21)2-3-13(14)19(4-1-5-19)7-16-24-8-11(9-25-16)15(27)10-26-18(28)17(22)23/h2-3,6,8-9,17H,1,4-5,7,10H2,(H,26,28). The summed E-state index contributed by atoms with van der Waals surface area (Å²) in [5.74, 6) is -1.98. The van der Waals surface area contributed by atoms with E-state index >= 15 is 0 Å². The Morgan fingerprint density at radius 1 is 1.21 bits per heavy atom. The number of halogens is 4. The summed E-state index contributed by atoms with van der Waals surface area (Å²) in [4.78, 5) is 31.2. The molecule has 0 atom stereocenters. The number of ketones is 1. The quantitative estimate of drug-likeness (QED) is 0.708. The van der Waals surface area contributed by atoms with Crippen LogP contribution in [0.1, 0.15) is 41.0 Å². The minimum absolute atomic E-state index is 0.112. The van der Waals surface area contributed by atoms with Gasteiger partial charge >= 0.3 is 6.43 Å². The Hall–Kier alpha value is -2.48. The minimum Gasteiger partial charge on any atom is -0.344 e. The molecule has 1 saturated carbocycles. The first-order valence-electron chi connectivity index (χ1n) is 8.66. The van der Waals surface area contributed by atoms with Gasteiger partial charge in [-0.3, -0.25) is 9.59 Å². The average Bonchev–Trinajstić information content (AvgIpc) is 2.63. The van der Waals surface area contributed by atoms with E-state index in [9.17, 15) is 22.8 Å². The maximum atomic E-state index is 13.4. The molecule has 1 aromatic heterocycles. The van der Waals surface area contributed by atoms with E-state index < -0.39 is 30.5 Å². The van der Waals surface area contributed by atoms with Crippen LogP contribution >= 0.6 is 11.6 Å². The third-order valence-corrected chi connectivity index (χ3v) is 5.27. The van der Waals surface area contributed by atoms with Crippen molar-refractivity contribution in [1.82, 2.24) is 15.3 Å². The van der Waals surface area contributed by atoms with Gasteiger partial charge in [0.15, 0.2) is 5.78 Å². The van der Waals surface area contributed by atoms with Crippen molar-refractivity contribution in [3.05, 3.63) is 58.4 Å². The molecule has 0 bridgehead atoms. The van der Waals surface area contributed by atoms with Crippen molar-refractivity contribution in [3.63, 3.8) is 0 Å². The zero-order chi connectivity index (χ0) is 20.3. The van der Waals surface area contributed by atoms with E-state index in [-0.39, 0.29) is 11.0 Å². The summed E-state index contributed by atoms with van der Waals surface area (Å²) < 4.78 is 37.6. The lowest BCUT2D eigenvalue weighted by Gasteiger charge is -2.42. The number of alkyl halides is 2. The number of Topliss-reactive ketones (excluding diaryl/α,β-unsaturated/α-hetero) is 1. The van der Waals surface area contributed by atoms with Crippen LogP contribution in [-0.2, 0) is 16.6 Å². The van der Waals surface area contributed by atoms with Crippen molar-refractivity contribution in [1.29, 1.82) is 0 Å². The van der Waals surface area contributed by atoms with Crippen LogP contribution in [0.25, 0.3) is 0 Å². The van der Waals surface area contributed by atoms with Crippen molar-refractivity contribution >= 4 is 23.3 Å². The second-order valence-corrected chi connectivity index (χ2v) is 7.17. The molecule has 0 aliphatic heterocycles. The van der Waals surface area contributed by atoms with E-state index in [1.165, 1.54) is 24.5 Å². The van der Waals surface area contributed by atoms with Crippen LogP contribution in [0.3, 0.4) is 0 Å². The third kappa shape index (κ3) is 4.32. The number of hydrogen-bond acceptors (Lipinski definition) is 4. The number of benzene rings is 1. The second-order valence-electron chi connectivity index (χ2n) is 6.76. The molecule has 0 saturated heterocycles. The zero-order valence-electron chi connectivity index (χ0n) is 14.7. The molecule has 1 heterocycles. The average molecular weight is 412 g/mol. The van der Waals surface area contributed by atoms with Crippen molar-refractivity contribution in [2.45, 2.75) is 37.5 Å². The van der Waals surface area contributed by atoms with Crippen LogP contribution in [0, 0.1) is 5.82 Å². The first-order chi connectivity index (χ1) is 13.3. The smallest absolute Gasteiger partial charge is 0.315 e. The maximum Gasteiger partial charge on any atom is 0.315 e. The lowest BCUT2D eigenvalue weighted by molar-refractivity contribution is -0.131. The molecule has 1 fully saturated rings. The second kappa shape index (κ2) is 8.26. The Bertz CT molecular complexity index is 886. The molecule has 9 heteroatoms. The molecule has 0 spiro atoms. The van der Waals surface area contributed by atoms with Gasteiger partial charge in [-0.1, -0.05) is 24.1 Å². The Labute approximate surface area is 164 Å². The van der Waals surface area contributed by atoms with Gasteiger partial charge in [-0.15, -0.1) is 0 Å². The van der Waals surface area contributed by atoms with Gasteiger partial charge in [0.2, 0.25) is 0 Å². The van der Waals surface area contributed by atoms with Crippen molar-refractivity contribution < 1.29 is 22.8 Å². The van der Waals surface area contributed by atoms with Crippen molar-refractivity contribution in [2.24, 2.45) is 0 Å². The van der Waals surface area contributed by atoms with E-state index in [0.29, 0.717) is 17.3 Å². The Morgan fingerprint density at radius 3 is 2.43 bits per heavy atom. The molecule has 3 rings (SSSR count). The molecule has 2 aromatic rings. The SMILES string of the molecule is O=C(CNC(=O)C(F)F)c1cnc(CC2(c3ccc(F)cc3Cl)CCC2)nc1. The number of rotatable bonds is 7. The predicted molar refractivity (Wildman–Crippen MR) is 96.0 cm³/mol. The number of amides is 1. The van der Waals surface area contributed by atoms with Gasteiger partial charge in [-0.25, -0.2) is 14.4 Å². The molecule has 1 N–H and O–H groups in total. The summed E-state index contributed by atoms with van der Waals surface area (Å²) >= 11 is 6.23. The third-order valence-electron chi connectivity index (χ3n) is 4.96. The number of carbonyl (C=O) groups excluding carboxylic acids is 2. The number of aromatic nitrogens is 2. The highest BCUT2D eigenvalue weighted by molar-refractivity contribution is 6.31. The van der Waals surface area contributed by atoms with E-state index in [4.69, 9.17) is 11.6 Å². The molecular weight excluding hydrogens is 395 g/mol. The molecular formula is C19H17ClF3N3O2. The molecule has 1 aliphatic rings. The topological polar surface area (TPSA) is 72.0 Å². The van der Waals surface area contributed by atoms with E-state index in [1.807, 2.05) is 5.32 Å². The summed E-state index contributed by atoms with van der Waals surface area (Å²) in [7, 11) is 0. The first-order valence-corrected chi connectivity index (χ1v) is 9.04. The summed E-state index contributed by atoms with van der Waals surface area (Å²) in [6, 6.07) is 4.34. The van der Waals surface area contributed by atoms with Crippen LogP contribution < -0.4 is 5.32 Å². The fourth-order valence-electron chi connectivity index (χ4n) is 3.30. The first kappa shape index (κ1) is 20.3. The fourth-order valence-corrected chi connectivity index (χ4v) is 3.67. The fraction of sp³-hybridized carbons (Fsp3) is 0.368. The maximum absolute atomic E-state index is 13.4.